The van der Waals surface area contributed by atoms with E-state index in [1.165, 1.54) is 0 Å². The Morgan fingerprint density at radius 2 is 1.89 bits per heavy atom. The highest BCUT2D eigenvalue weighted by atomic mass is 16.5. The van der Waals surface area contributed by atoms with E-state index in [0.717, 1.165) is 29.9 Å². The summed E-state index contributed by atoms with van der Waals surface area (Å²) < 4.78 is 5.25. The van der Waals surface area contributed by atoms with Crippen LogP contribution in [0.5, 0.6) is 0 Å². The van der Waals surface area contributed by atoms with E-state index in [2.05, 4.69) is 30.9 Å². The lowest BCUT2D eigenvalue weighted by Gasteiger charge is -2.10. The summed E-state index contributed by atoms with van der Waals surface area (Å²) in [6.45, 7) is 6.20. The molecule has 0 saturated carbocycles. The molecule has 18 heavy (non-hydrogen) atoms. The smallest absolute Gasteiger partial charge is 0.226 e. The first-order chi connectivity index (χ1) is 8.47. The van der Waals surface area contributed by atoms with Crippen LogP contribution in [0.15, 0.2) is 28.8 Å². The lowest BCUT2D eigenvalue weighted by molar-refractivity contribution is 0.363. The van der Waals surface area contributed by atoms with E-state index in [0.29, 0.717) is 5.89 Å². The first-order valence-electron chi connectivity index (χ1n) is 6.13. The number of aromatic nitrogens is 2. The highest BCUT2D eigenvalue weighted by Gasteiger charge is 2.20. The number of hydrogen-bond donors (Lipinski definition) is 1. The van der Waals surface area contributed by atoms with Gasteiger partial charge in [-0.1, -0.05) is 44.1 Å². The normalized spacial score (nSPS) is 11.7. The lowest BCUT2D eigenvalue weighted by Crippen LogP contribution is -2.13. The molecule has 2 aromatic rings. The predicted molar refractivity (Wildman–Crippen MR) is 71.3 cm³/mol. The predicted octanol–water partition coefficient (Wildman–Crippen LogP) is 2.73. The van der Waals surface area contributed by atoms with Crippen molar-refractivity contribution in [2.45, 2.75) is 39.0 Å². The second-order valence-corrected chi connectivity index (χ2v) is 5.46. The van der Waals surface area contributed by atoms with Crippen LogP contribution in [0.4, 0.5) is 5.69 Å². The number of nitrogen functional groups attached to an aromatic ring is 1. The lowest BCUT2D eigenvalue weighted by atomic mass is 9.96. The van der Waals surface area contributed by atoms with Crippen molar-refractivity contribution in [2.75, 3.05) is 5.73 Å². The zero-order valence-corrected chi connectivity index (χ0v) is 11.1. The van der Waals surface area contributed by atoms with Gasteiger partial charge in [0.15, 0.2) is 5.82 Å². The van der Waals surface area contributed by atoms with E-state index in [9.17, 15) is 0 Å². The van der Waals surface area contributed by atoms with E-state index < -0.39 is 0 Å². The highest BCUT2D eigenvalue weighted by molar-refractivity contribution is 5.46. The van der Waals surface area contributed by atoms with Gasteiger partial charge in [0.2, 0.25) is 5.89 Å². The van der Waals surface area contributed by atoms with Crippen molar-refractivity contribution in [2.24, 2.45) is 0 Å². The van der Waals surface area contributed by atoms with Crippen LogP contribution in [-0.4, -0.2) is 10.1 Å². The third-order valence-electron chi connectivity index (χ3n) is 2.80. The molecule has 0 aliphatic heterocycles. The van der Waals surface area contributed by atoms with Crippen molar-refractivity contribution >= 4 is 5.69 Å². The third kappa shape index (κ3) is 2.88. The van der Waals surface area contributed by atoms with Crippen LogP contribution in [0.25, 0.3) is 0 Å². The molecule has 4 heteroatoms. The van der Waals surface area contributed by atoms with E-state index in [1.54, 1.807) is 0 Å². The first-order valence-corrected chi connectivity index (χ1v) is 6.13. The largest absolute Gasteiger partial charge is 0.399 e. The first kappa shape index (κ1) is 12.6. The van der Waals surface area contributed by atoms with Gasteiger partial charge in [-0.3, -0.25) is 0 Å². The minimum Gasteiger partial charge on any atom is -0.399 e. The van der Waals surface area contributed by atoms with Crippen LogP contribution in [0.2, 0.25) is 0 Å². The molecule has 2 N–H and O–H groups in total. The van der Waals surface area contributed by atoms with Crippen LogP contribution >= 0.6 is 0 Å². The number of aryl methyl sites for hydroxylation is 2. The van der Waals surface area contributed by atoms with Crippen LogP contribution in [0, 0.1) is 0 Å². The molecule has 0 atom stereocenters. The Labute approximate surface area is 107 Å². The van der Waals surface area contributed by atoms with Crippen molar-refractivity contribution in [1.29, 1.82) is 0 Å². The Morgan fingerprint density at radius 3 is 2.50 bits per heavy atom. The number of anilines is 1. The summed E-state index contributed by atoms with van der Waals surface area (Å²) in [6.07, 6.45) is 1.54. The van der Waals surface area contributed by atoms with Crippen molar-refractivity contribution in [3.05, 3.63) is 41.5 Å². The second kappa shape index (κ2) is 4.80. The van der Waals surface area contributed by atoms with Gasteiger partial charge in [0, 0.05) is 17.5 Å². The molecular formula is C14H19N3O. The van der Waals surface area contributed by atoms with Gasteiger partial charge in [0.05, 0.1) is 0 Å². The van der Waals surface area contributed by atoms with E-state index in [4.69, 9.17) is 10.3 Å². The molecule has 0 radical (unpaired) electrons. The topological polar surface area (TPSA) is 64.9 Å². The summed E-state index contributed by atoms with van der Waals surface area (Å²) in [5, 5.41) is 4.00. The Hall–Kier alpha value is -1.84. The van der Waals surface area contributed by atoms with Crippen molar-refractivity contribution in [3.63, 3.8) is 0 Å². The second-order valence-electron chi connectivity index (χ2n) is 5.46. The molecule has 0 aliphatic carbocycles. The van der Waals surface area contributed by atoms with Crippen molar-refractivity contribution in [1.82, 2.24) is 10.1 Å². The maximum absolute atomic E-state index is 5.89. The standard InChI is InChI=1S/C14H19N3O/c1-14(2,3)13-16-12(18-17-13)9-8-10-6-4-5-7-11(10)15/h4-7H,8-9,15H2,1-3H3. The van der Waals surface area contributed by atoms with Crippen LogP contribution in [-0.2, 0) is 18.3 Å². The fraction of sp³-hybridized carbons (Fsp3) is 0.429. The van der Waals surface area contributed by atoms with E-state index in [1.807, 2.05) is 24.3 Å². The van der Waals surface area contributed by atoms with Gasteiger partial charge in [-0.05, 0) is 18.1 Å². The number of nitrogens with two attached hydrogens (primary N) is 1. The summed E-state index contributed by atoms with van der Waals surface area (Å²) in [5.74, 6) is 1.42. The quantitative estimate of drug-likeness (QED) is 0.844. The van der Waals surface area contributed by atoms with Gasteiger partial charge in [-0.25, -0.2) is 0 Å². The van der Waals surface area contributed by atoms with Crippen molar-refractivity contribution in [3.8, 4) is 0 Å². The molecule has 1 aromatic carbocycles. The monoisotopic (exact) mass is 245 g/mol. The zero-order valence-electron chi connectivity index (χ0n) is 11.1. The number of hydrogen-bond acceptors (Lipinski definition) is 4. The highest BCUT2D eigenvalue weighted by Crippen LogP contribution is 2.19. The number of rotatable bonds is 3. The minimum absolute atomic E-state index is 0.0759. The summed E-state index contributed by atoms with van der Waals surface area (Å²) in [7, 11) is 0. The molecule has 0 spiro atoms. The van der Waals surface area contributed by atoms with Gasteiger partial charge in [-0.15, -0.1) is 0 Å². The average molecular weight is 245 g/mol. The molecule has 0 bridgehead atoms. The molecule has 1 heterocycles. The SMILES string of the molecule is CC(C)(C)c1noc(CCc2ccccc2N)n1. The molecule has 1 aromatic heterocycles. The number of nitrogens with zero attached hydrogens (tertiary/aromatic N) is 2. The Bertz CT molecular complexity index is 526. The van der Waals surface area contributed by atoms with E-state index >= 15 is 0 Å². The van der Waals surface area contributed by atoms with Gasteiger partial charge in [0.1, 0.15) is 0 Å². The van der Waals surface area contributed by atoms with Crippen LogP contribution in [0.3, 0.4) is 0 Å². The molecule has 96 valence electrons. The summed E-state index contributed by atoms with van der Waals surface area (Å²) >= 11 is 0. The molecule has 0 aliphatic rings. The van der Waals surface area contributed by atoms with Gasteiger partial charge in [0.25, 0.3) is 0 Å². The average Bonchev–Trinajstić information content (AvgIpc) is 2.76. The number of para-hydroxylation sites is 1. The zero-order chi connectivity index (χ0) is 13.2. The number of benzene rings is 1. The molecule has 0 unspecified atom stereocenters. The Morgan fingerprint density at radius 1 is 1.17 bits per heavy atom. The van der Waals surface area contributed by atoms with Gasteiger partial charge in [-0.2, -0.15) is 4.98 Å². The van der Waals surface area contributed by atoms with Gasteiger partial charge >= 0.3 is 0 Å². The summed E-state index contributed by atoms with van der Waals surface area (Å²) in [6, 6.07) is 7.85. The molecule has 0 fully saturated rings. The Kier molecular flexibility index (Phi) is 3.36. The van der Waals surface area contributed by atoms with Gasteiger partial charge < -0.3 is 10.3 Å². The Balaban J connectivity index is 2.03. The summed E-state index contributed by atoms with van der Waals surface area (Å²) in [5.41, 5.74) is 7.75. The van der Waals surface area contributed by atoms with Crippen LogP contribution in [0.1, 0.15) is 38.0 Å². The molecule has 0 saturated heterocycles. The fourth-order valence-corrected chi connectivity index (χ4v) is 1.66. The minimum atomic E-state index is -0.0759. The van der Waals surface area contributed by atoms with Crippen molar-refractivity contribution < 1.29 is 4.52 Å². The summed E-state index contributed by atoms with van der Waals surface area (Å²) in [4.78, 5) is 4.41. The maximum atomic E-state index is 5.89. The van der Waals surface area contributed by atoms with Crippen LogP contribution < -0.4 is 5.73 Å². The molecule has 2 rings (SSSR count). The molecule has 4 nitrogen and oxygen atoms in total. The fourth-order valence-electron chi connectivity index (χ4n) is 1.66. The van der Waals surface area contributed by atoms with E-state index in [-0.39, 0.29) is 5.41 Å². The molecule has 0 amide bonds. The third-order valence-corrected chi connectivity index (χ3v) is 2.80. The maximum Gasteiger partial charge on any atom is 0.226 e. The molecular weight excluding hydrogens is 226 g/mol.